The summed E-state index contributed by atoms with van der Waals surface area (Å²) in [7, 11) is 0. The Morgan fingerprint density at radius 3 is 2.72 bits per heavy atom. The van der Waals surface area contributed by atoms with E-state index in [0.29, 0.717) is 31.8 Å². The third kappa shape index (κ3) is 4.23. The van der Waals surface area contributed by atoms with Crippen LogP contribution in [-0.4, -0.2) is 50.3 Å². The van der Waals surface area contributed by atoms with Gasteiger partial charge in [-0.3, -0.25) is 4.79 Å². The average Bonchev–Trinajstić information content (AvgIpc) is 2.88. The summed E-state index contributed by atoms with van der Waals surface area (Å²) >= 11 is 0. The Hall–Kier alpha value is -0.650. The van der Waals surface area contributed by atoms with Gasteiger partial charge < -0.3 is 20.7 Å². The summed E-state index contributed by atoms with van der Waals surface area (Å²) in [5.41, 5.74) is 0. The normalized spacial score (nSPS) is 29.4. The Kier molecular flexibility index (Phi) is 5.41. The first kappa shape index (κ1) is 13.8. The maximum absolute atomic E-state index is 11.8. The Morgan fingerprint density at radius 2 is 2.06 bits per heavy atom. The van der Waals surface area contributed by atoms with E-state index in [1.807, 2.05) is 0 Å². The minimum Gasteiger partial charge on any atom is -0.376 e. The standard InChI is InChI=1S/C13H25N3O2/c1-10-8-16-12(9-15-10)13(17)14-6-7-18-11-4-2-3-5-11/h10-12,15-16H,2-9H2,1H3,(H,14,17). The first-order valence-electron chi connectivity index (χ1n) is 7.12. The molecule has 5 heteroatoms. The maximum Gasteiger partial charge on any atom is 0.238 e. The lowest BCUT2D eigenvalue weighted by atomic mass is 10.1. The fourth-order valence-electron chi connectivity index (χ4n) is 2.55. The lowest BCUT2D eigenvalue weighted by Gasteiger charge is -2.28. The number of nitrogens with one attached hydrogen (secondary N) is 3. The zero-order valence-corrected chi connectivity index (χ0v) is 11.2. The van der Waals surface area contributed by atoms with Gasteiger partial charge >= 0.3 is 0 Å². The summed E-state index contributed by atoms with van der Waals surface area (Å²) in [5, 5.41) is 9.45. The summed E-state index contributed by atoms with van der Waals surface area (Å²) in [6, 6.07) is 0.340. The van der Waals surface area contributed by atoms with Gasteiger partial charge in [0.1, 0.15) is 0 Å². The molecule has 5 nitrogen and oxygen atoms in total. The number of amides is 1. The van der Waals surface area contributed by atoms with Gasteiger partial charge in [0, 0.05) is 25.7 Å². The molecule has 0 aromatic heterocycles. The molecule has 1 aliphatic carbocycles. The minimum atomic E-state index is -0.104. The molecule has 2 atom stereocenters. The first-order chi connectivity index (χ1) is 8.75. The van der Waals surface area contributed by atoms with E-state index >= 15 is 0 Å². The number of carbonyl (C=O) groups excluding carboxylic acids is 1. The van der Waals surface area contributed by atoms with Crippen molar-refractivity contribution >= 4 is 5.91 Å². The highest BCUT2D eigenvalue weighted by atomic mass is 16.5. The largest absolute Gasteiger partial charge is 0.376 e. The van der Waals surface area contributed by atoms with E-state index in [2.05, 4.69) is 22.9 Å². The number of rotatable bonds is 5. The van der Waals surface area contributed by atoms with E-state index in [1.54, 1.807) is 0 Å². The van der Waals surface area contributed by atoms with Gasteiger partial charge in [0.25, 0.3) is 0 Å². The molecule has 2 aliphatic rings. The van der Waals surface area contributed by atoms with Crippen molar-refractivity contribution in [3.05, 3.63) is 0 Å². The van der Waals surface area contributed by atoms with Crippen LogP contribution in [0.5, 0.6) is 0 Å². The molecule has 2 rings (SSSR count). The lowest BCUT2D eigenvalue weighted by molar-refractivity contribution is -0.123. The van der Waals surface area contributed by atoms with E-state index in [0.717, 1.165) is 6.54 Å². The molecule has 0 bridgehead atoms. The number of carbonyl (C=O) groups is 1. The van der Waals surface area contributed by atoms with E-state index in [1.165, 1.54) is 25.7 Å². The van der Waals surface area contributed by atoms with Gasteiger partial charge in [0.2, 0.25) is 5.91 Å². The van der Waals surface area contributed by atoms with Crippen LogP contribution in [0.4, 0.5) is 0 Å². The summed E-state index contributed by atoms with van der Waals surface area (Å²) in [6.45, 7) is 4.90. The Morgan fingerprint density at radius 1 is 1.28 bits per heavy atom. The van der Waals surface area contributed by atoms with Crippen LogP contribution in [0.25, 0.3) is 0 Å². The van der Waals surface area contributed by atoms with Crippen molar-refractivity contribution in [2.24, 2.45) is 0 Å². The van der Waals surface area contributed by atoms with Gasteiger partial charge in [-0.25, -0.2) is 0 Å². The highest BCUT2D eigenvalue weighted by Crippen LogP contribution is 2.20. The second-order valence-electron chi connectivity index (χ2n) is 5.34. The highest BCUT2D eigenvalue weighted by Gasteiger charge is 2.22. The molecular weight excluding hydrogens is 230 g/mol. The van der Waals surface area contributed by atoms with Gasteiger partial charge in [-0.2, -0.15) is 0 Å². The van der Waals surface area contributed by atoms with E-state index in [-0.39, 0.29) is 11.9 Å². The Labute approximate surface area is 109 Å². The van der Waals surface area contributed by atoms with Crippen molar-refractivity contribution in [1.29, 1.82) is 0 Å². The van der Waals surface area contributed by atoms with Crippen LogP contribution in [0.15, 0.2) is 0 Å². The molecule has 2 unspecified atom stereocenters. The topological polar surface area (TPSA) is 62.4 Å². The van der Waals surface area contributed by atoms with Gasteiger partial charge in [-0.05, 0) is 19.8 Å². The summed E-state index contributed by atoms with van der Waals surface area (Å²) in [6.07, 6.45) is 5.36. The van der Waals surface area contributed by atoms with E-state index < -0.39 is 0 Å². The third-order valence-corrected chi connectivity index (χ3v) is 3.71. The molecule has 0 aromatic carbocycles. The summed E-state index contributed by atoms with van der Waals surface area (Å²) in [5.74, 6) is 0.0735. The van der Waals surface area contributed by atoms with Crippen LogP contribution in [0.1, 0.15) is 32.6 Å². The molecule has 1 aliphatic heterocycles. The molecule has 1 amide bonds. The average molecular weight is 255 g/mol. The molecule has 0 aromatic rings. The highest BCUT2D eigenvalue weighted by molar-refractivity contribution is 5.82. The van der Waals surface area contributed by atoms with Crippen LogP contribution in [0, 0.1) is 0 Å². The predicted octanol–water partition coefficient (Wildman–Crippen LogP) is 0.0117. The Bertz CT molecular complexity index is 259. The van der Waals surface area contributed by atoms with Crippen molar-refractivity contribution in [2.75, 3.05) is 26.2 Å². The van der Waals surface area contributed by atoms with Crippen LogP contribution < -0.4 is 16.0 Å². The predicted molar refractivity (Wildman–Crippen MR) is 70.5 cm³/mol. The van der Waals surface area contributed by atoms with E-state index in [4.69, 9.17) is 4.74 Å². The van der Waals surface area contributed by atoms with Crippen molar-refractivity contribution < 1.29 is 9.53 Å². The van der Waals surface area contributed by atoms with Crippen molar-refractivity contribution in [3.63, 3.8) is 0 Å². The lowest BCUT2D eigenvalue weighted by Crippen LogP contribution is -2.59. The zero-order chi connectivity index (χ0) is 12.8. The van der Waals surface area contributed by atoms with Gasteiger partial charge in [0.15, 0.2) is 0 Å². The first-order valence-corrected chi connectivity index (χ1v) is 7.12. The minimum absolute atomic E-state index is 0.0735. The van der Waals surface area contributed by atoms with Crippen LogP contribution >= 0.6 is 0 Å². The molecule has 2 fully saturated rings. The quantitative estimate of drug-likeness (QED) is 0.606. The molecule has 1 heterocycles. The zero-order valence-electron chi connectivity index (χ0n) is 11.2. The number of hydrogen-bond donors (Lipinski definition) is 3. The number of ether oxygens (including phenoxy) is 1. The van der Waals surface area contributed by atoms with Gasteiger partial charge in [0.05, 0.1) is 18.8 Å². The summed E-state index contributed by atoms with van der Waals surface area (Å²) in [4.78, 5) is 11.8. The molecule has 18 heavy (non-hydrogen) atoms. The molecule has 0 radical (unpaired) electrons. The monoisotopic (exact) mass is 255 g/mol. The SMILES string of the molecule is CC1CNC(C(=O)NCCOC2CCCC2)CN1. The van der Waals surface area contributed by atoms with Gasteiger partial charge in [-0.15, -0.1) is 0 Å². The molecule has 1 saturated heterocycles. The van der Waals surface area contributed by atoms with E-state index in [9.17, 15) is 4.79 Å². The fraction of sp³-hybridized carbons (Fsp3) is 0.923. The molecule has 104 valence electrons. The fourth-order valence-corrected chi connectivity index (χ4v) is 2.55. The smallest absolute Gasteiger partial charge is 0.238 e. The number of piperazine rings is 1. The second kappa shape index (κ2) is 7.07. The molecular formula is C13H25N3O2. The van der Waals surface area contributed by atoms with Crippen molar-refractivity contribution in [1.82, 2.24) is 16.0 Å². The molecule has 1 saturated carbocycles. The van der Waals surface area contributed by atoms with Crippen molar-refractivity contribution in [2.45, 2.75) is 50.8 Å². The van der Waals surface area contributed by atoms with Crippen molar-refractivity contribution in [3.8, 4) is 0 Å². The van der Waals surface area contributed by atoms with Crippen LogP contribution in [0.3, 0.4) is 0 Å². The Balaban J connectivity index is 1.54. The van der Waals surface area contributed by atoms with Crippen LogP contribution in [0.2, 0.25) is 0 Å². The second-order valence-corrected chi connectivity index (χ2v) is 5.34. The third-order valence-electron chi connectivity index (χ3n) is 3.71. The number of hydrogen-bond acceptors (Lipinski definition) is 4. The summed E-state index contributed by atoms with van der Waals surface area (Å²) < 4.78 is 5.71. The molecule has 3 N–H and O–H groups in total. The maximum atomic E-state index is 11.8. The van der Waals surface area contributed by atoms with Crippen LogP contribution in [-0.2, 0) is 9.53 Å². The van der Waals surface area contributed by atoms with Gasteiger partial charge in [-0.1, -0.05) is 12.8 Å². The molecule has 0 spiro atoms.